The minimum absolute atomic E-state index is 0.212. The van der Waals surface area contributed by atoms with Crippen LogP contribution in [0.1, 0.15) is 27.9 Å². The Morgan fingerprint density at radius 3 is 1.95 bits per heavy atom. The van der Waals surface area contributed by atoms with E-state index in [2.05, 4.69) is 29.6 Å². The van der Waals surface area contributed by atoms with Crippen LogP contribution < -0.4 is 14.8 Å². The highest BCUT2D eigenvalue weighted by Crippen LogP contribution is 2.40. The number of carbonyl (C=O) groups is 1. The first-order chi connectivity index (χ1) is 20.7. The number of nitrogens with zero attached hydrogens (tertiary/aromatic N) is 3. The molecule has 0 aliphatic heterocycles. The van der Waals surface area contributed by atoms with E-state index >= 15 is 0 Å². The first-order valence-corrected chi connectivity index (χ1v) is 13.7. The van der Waals surface area contributed by atoms with Crippen LogP contribution in [0.3, 0.4) is 0 Å². The first-order valence-electron chi connectivity index (χ1n) is 13.7. The number of fused-ring (bicyclic) bond motifs is 1. The monoisotopic (exact) mass is 554 g/mol. The molecule has 6 rings (SSSR count). The Morgan fingerprint density at radius 2 is 1.36 bits per heavy atom. The van der Waals surface area contributed by atoms with E-state index in [4.69, 9.17) is 19.6 Å². The van der Waals surface area contributed by atoms with E-state index in [9.17, 15) is 4.79 Å². The highest BCUT2D eigenvalue weighted by atomic mass is 16.5. The maximum Gasteiger partial charge on any atom is 0.245 e. The van der Waals surface area contributed by atoms with Gasteiger partial charge in [-0.15, -0.1) is 5.10 Å². The van der Waals surface area contributed by atoms with Crippen molar-refractivity contribution in [1.29, 1.82) is 0 Å². The fourth-order valence-electron chi connectivity index (χ4n) is 5.25. The first kappa shape index (κ1) is 26.8. The van der Waals surface area contributed by atoms with Crippen LogP contribution >= 0.6 is 0 Å². The summed E-state index contributed by atoms with van der Waals surface area (Å²) >= 11 is 0. The Hall–Kier alpha value is -5.43. The molecule has 208 valence electrons. The molecule has 2 aromatic heterocycles. The minimum Gasteiger partial charge on any atom is -0.497 e. The van der Waals surface area contributed by atoms with Crippen LogP contribution in [0.15, 0.2) is 127 Å². The zero-order chi connectivity index (χ0) is 28.8. The summed E-state index contributed by atoms with van der Waals surface area (Å²) in [5.74, 6) is 1.52. The Balaban J connectivity index is 1.54. The molecule has 0 radical (unpaired) electrons. The number of nitrogens with one attached hydrogen (secondary N) is 1. The summed E-state index contributed by atoms with van der Waals surface area (Å²) < 4.78 is 13.5. The average molecular weight is 555 g/mol. The number of methoxy groups -OCH3 is 1. The molecule has 0 saturated heterocycles. The molecule has 7 heteroatoms. The second kappa shape index (κ2) is 12.0. The fourth-order valence-corrected chi connectivity index (χ4v) is 5.25. The molecule has 0 amide bonds. The van der Waals surface area contributed by atoms with Gasteiger partial charge in [-0.05, 0) is 46.5 Å². The smallest absolute Gasteiger partial charge is 0.245 e. The number of anilines is 1. The van der Waals surface area contributed by atoms with Gasteiger partial charge in [0.25, 0.3) is 0 Å². The number of carbonyl (C=O) groups excluding carboxylic acids is 1. The summed E-state index contributed by atoms with van der Waals surface area (Å²) in [6, 6.07) is 42.1. The van der Waals surface area contributed by atoms with Crippen molar-refractivity contribution in [2.45, 2.75) is 18.6 Å². The van der Waals surface area contributed by atoms with Gasteiger partial charge < -0.3 is 19.6 Å². The van der Waals surface area contributed by atoms with Gasteiger partial charge in [0, 0.05) is 6.42 Å². The van der Waals surface area contributed by atoms with E-state index in [-0.39, 0.29) is 6.42 Å². The van der Waals surface area contributed by atoms with Gasteiger partial charge in [-0.3, -0.25) is 0 Å². The molecule has 0 spiro atoms. The minimum atomic E-state index is -0.878. The van der Waals surface area contributed by atoms with Crippen molar-refractivity contribution < 1.29 is 14.3 Å². The van der Waals surface area contributed by atoms with Crippen molar-refractivity contribution in [2.24, 2.45) is 0 Å². The standard InChI is InChI=1S/C35H30N4O3/c1-41-31-20-17-29(18-21-31)35(27-13-7-3-8-14-27,28-15-9-4-10-16-28)37-34-36-33(42-25-26-11-5-2-6-12-26)32-22-19-30(23-24-40)39(32)38-34/h2-22,24H,23,25H2,1H3,(H,37,38). The lowest BCUT2D eigenvalue weighted by molar-refractivity contribution is -0.107. The normalized spacial score (nSPS) is 11.3. The zero-order valence-electron chi connectivity index (χ0n) is 23.2. The number of ether oxygens (including phenoxy) is 2. The number of aldehydes is 1. The molecule has 0 aliphatic carbocycles. The molecule has 0 unspecified atom stereocenters. The highest BCUT2D eigenvalue weighted by Gasteiger charge is 2.37. The van der Waals surface area contributed by atoms with Gasteiger partial charge in [-0.25, -0.2) is 4.52 Å². The van der Waals surface area contributed by atoms with Gasteiger partial charge in [-0.2, -0.15) is 4.98 Å². The lowest BCUT2D eigenvalue weighted by Crippen LogP contribution is -2.39. The van der Waals surface area contributed by atoms with Crippen molar-refractivity contribution in [1.82, 2.24) is 14.6 Å². The number of hydrogen-bond donors (Lipinski definition) is 1. The summed E-state index contributed by atoms with van der Waals surface area (Å²) in [4.78, 5) is 16.4. The van der Waals surface area contributed by atoms with Crippen LogP contribution in [0.2, 0.25) is 0 Å². The zero-order valence-corrected chi connectivity index (χ0v) is 23.2. The van der Waals surface area contributed by atoms with Gasteiger partial charge in [0.1, 0.15) is 29.7 Å². The molecule has 42 heavy (non-hydrogen) atoms. The van der Waals surface area contributed by atoms with Crippen LogP contribution in [0, 0.1) is 0 Å². The predicted molar refractivity (Wildman–Crippen MR) is 163 cm³/mol. The molecule has 0 aliphatic rings. The van der Waals surface area contributed by atoms with E-state index in [1.54, 1.807) is 11.6 Å². The molecule has 7 nitrogen and oxygen atoms in total. The number of rotatable bonds is 11. The van der Waals surface area contributed by atoms with Crippen molar-refractivity contribution in [3.05, 3.63) is 155 Å². The molecule has 2 heterocycles. The van der Waals surface area contributed by atoms with Gasteiger partial charge in [0.2, 0.25) is 11.8 Å². The van der Waals surface area contributed by atoms with E-state index in [0.29, 0.717) is 24.0 Å². The number of hydrogen-bond acceptors (Lipinski definition) is 6. The summed E-state index contributed by atoms with van der Waals surface area (Å²) in [6.07, 6.45) is 1.08. The third kappa shape index (κ3) is 5.20. The maximum atomic E-state index is 11.5. The van der Waals surface area contributed by atoms with Crippen LogP contribution in [-0.4, -0.2) is 28.0 Å². The van der Waals surface area contributed by atoms with Gasteiger partial charge >= 0.3 is 0 Å². The van der Waals surface area contributed by atoms with E-state index in [1.165, 1.54) is 0 Å². The fraction of sp³-hybridized carbons (Fsp3) is 0.114. The maximum absolute atomic E-state index is 11.5. The van der Waals surface area contributed by atoms with Crippen LogP contribution in [0.25, 0.3) is 5.52 Å². The van der Waals surface area contributed by atoms with Crippen molar-refractivity contribution in [3.8, 4) is 11.6 Å². The van der Waals surface area contributed by atoms with Gasteiger partial charge in [0.15, 0.2) is 0 Å². The van der Waals surface area contributed by atoms with Crippen molar-refractivity contribution in [3.63, 3.8) is 0 Å². The second-order valence-electron chi connectivity index (χ2n) is 9.84. The molecule has 0 saturated carbocycles. The number of aromatic nitrogens is 3. The van der Waals surface area contributed by atoms with Crippen molar-refractivity contribution in [2.75, 3.05) is 12.4 Å². The summed E-state index contributed by atoms with van der Waals surface area (Å²) in [5.41, 5.74) is 4.53. The Bertz CT molecular complexity index is 1730. The predicted octanol–water partition coefficient (Wildman–Crippen LogP) is 6.46. The lowest BCUT2D eigenvalue weighted by atomic mass is 9.77. The molecule has 1 N–H and O–H groups in total. The molecule has 6 aromatic rings. The summed E-state index contributed by atoms with van der Waals surface area (Å²) in [5, 5.41) is 8.61. The van der Waals surface area contributed by atoms with E-state index in [1.807, 2.05) is 103 Å². The molecular formula is C35H30N4O3. The van der Waals surface area contributed by atoms with Gasteiger partial charge in [0.05, 0.1) is 12.8 Å². The highest BCUT2D eigenvalue weighted by molar-refractivity contribution is 5.64. The van der Waals surface area contributed by atoms with E-state index in [0.717, 1.165) is 40.0 Å². The number of benzene rings is 4. The Labute approximate surface area is 244 Å². The summed E-state index contributed by atoms with van der Waals surface area (Å²) in [7, 11) is 1.66. The second-order valence-corrected chi connectivity index (χ2v) is 9.84. The molecular weight excluding hydrogens is 524 g/mol. The third-order valence-electron chi connectivity index (χ3n) is 7.30. The molecule has 0 bridgehead atoms. The van der Waals surface area contributed by atoms with Crippen LogP contribution in [0.5, 0.6) is 11.6 Å². The van der Waals surface area contributed by atoms with E-state index < -0.39 is 5.54 Å². The van der Waals surface area contributed by atoms with Crippen LogP contribution in [-0.2, 0) is 23.4 Å². The lowest BCUT2D eigenvalue weighted by Gasteiger charge is -2.37. The topological polar surface area (TPSA) is 77.8 Å². The average Bonchev–Trinajstić information content (AvgIpc) is 3.46. The molecule has 4 aromatic carbocycles. The SMILES string of the molecule is COc1ccc(C(Nc2nc(OCc3ccccc3)c3ccc(CC=O)n3n2)(c2ccccc2)c2ccccc2)cc1. The van der Waals surface area contributed by atoms with Gasteiger partial charge in [-0.1, -0.05) is 103 Å². The Kier molecular flexibility index (Phi) is 7.64. The third-order valence-corrected chi connectivity index (χ3v) is 7.30. The Morgan fingerprint density at radius 1 is 0.762 bits per heavy atom. The quantitative estimate of drug-likeness (QED) is 0.146. The molecule has 0 atom stereocenters. The molecule has 0 fully saturated rings. The van der Waals surface area contributed by atoms with Crippen LogP contribution in [0.4, 0.5) is 5.95 Å². The van der Waals surface area contributed by atoms with Crippen molar-refractivity contribution >= 4 is 17.8 Å². The largest absolute Gasteiger partial charge is 0.497 e. The summed E-state index contributed by atoms with van der Waals surface area (Å²) in [6.45, 7) is 0.335.